The van der Waals surface area contributed by atoms with Gasteiger partial charge in [-0.15, -0.1) is 0 Å². The van der Waals surface area contributed by atoms with E-state index in [1.54, 1.807) is 22.6 Å². The number of rotatable bonds is 4. The predicted octanol–water partition coefficient (Wildman–Crippen LogP) is 4.30. The molecular weight excluding hydrogens is 454 g/mol. The van der Waals surface area contributed by atoms with E-state index in [4.69, 9.17) is 17.0 Å². The van der Waals surface area contributed by atoms with Crippen LogP contribution in [0.25, 0.3) is 17.0 Å². The maximum Gasteiger partial charge on any atom is 0.266 e. The van der Waals surface area contributed by atoms with Crippen molar-refractivity contribution >= 4 is 56.9 Å². The van der Waals surface area contributed by atoms with Gasteiger partial charge in [-0.05, 0) is 37.8 Å². The van der Waals surface area contributed by atoms with Gasteiger partial charge in [-0.25, -0.2) is 0 Å². The average molecular weight is 484 g/mol. The topological polar surface area (TPSA) is 54.8 Å². The van der Waals surface area contributed by atoms with Crippen molar-refractivity contribution in [3.05, 3.63) is 45.1 Å². The number of anilines is 1. The lowest BCUT2D eigenvalue weighted by Crippen LogP contribution is -2.35. The Labute approximate surface area is 203 Å². The van der Waals surface area contributed by atoms with Crippen LogP contribution < -0.4 is 10.5 Å². The normalized spacial score (nSPS) is 23.2. The molecule has 1 amide bonds. The van der Waals surface area contributed by atoms with Gasteiger partial charge in [0.15, 0.2) is 0 Å². The van der Waals surface area contributed by atoms with Crippen molar-refractivity contribution in [2.24, 2.45) is 7.05 Å². The number of pyridine rings is 1. The minimum absolute atomic E-state index is 0.0352. The van der Waals surface area contributed by atoms with Gasteiger partial charge in [0.05, 0.1) is 34.3 Å². The largest absolute Gasteiger partial charge is 0.376 e. The van der Waals surface area contributed by atoms with Crippen LogP contribution in [0.2, 0.25) is 0 Å². The third kappa shape index (κ3) is 4.36. The van der Waals surface area contributed by atoms with E-state index in [-0.39, 0.29) is 17.6 Å². The SMILES string of the molecule is Cn1c(=O)c(C=C2SC(=S)N(CC3CCCO3)C2=O)c(N2CCCCCC2)c2ccccc21. The first-order valence-corrected chi connectivity index (χ1v) is 13.0. The summed E-state index contributed by atoms with van der Waals surface area (Å²) in [6, 6.07) is 8.04. The Morgan fingerprint density at radius 3 is 2.61 bits per heavy atom. The van der Waals surface area contributed by atoms with Crippen molar-refractivity contribution < 1.29 is 9.53 Å². The number of aromatic nitrogens is 1. The van der Waals surface area contributed by atoms with E-state index >= 15 is 0 Å². The third-order valence-electron chi connectivity index (χ3n) is 6.79. The van der Waals surface area contributed by atoms with Gasteiger partial charge in [-0.1, -0.05) is 55.0 Å². The molecule has 4 heterocycles. The second-order valence-corrected chi connectivity index (χ2v) is 10.6. The molecule has 3 saturated heterocycles. The van der Waals surface area contributed by atoms with Gasteiger partial charge in [-0.3, -0.25) is 14.5 Å². The number of carbonyl (C=O) groups is 1. The van der Waals surface area contributed by atoms with Crippen LogP contribution in [-0.2, 0) is 16.6 Å². The lowest BCUT2D eigenvalue weighted by Gasteiger charge is -2.27. The minimum atomic E-state index is -0.127. The number of nitrogens with zero attached hydrogens (tertiary/aromatic N) is 3. The van der Waals surface area contributed by atoms with Crippen LogP contribution in [0, 0.1) is 0 Å². The third-order valence-corrected chi connectivity index (χ3v) is 8.17. The average Bonchev–Trinajstić information content (AvgIpc) is 3.32. The molecule has 0 bridgehead atoms. The highest BCUT2D eigenvalue weighted by Crippen LogP contribution is 2.37. The van der Waals surface area contributed by atoms with E-state index < -0.39 is 0 Å². The Hall–Kier alpha value is -2.16. The van der Waals surface area contributed by atoms with E-state index in [2.05, 4.69) is 11.0 Å². The number of thioether (sulfide) groups is 1. The summed E-state index contributed by atoms with van der Waals surface area (Å²) in [5.74, 6) is -0.127. The van der Waals surface area contributed by atoms with Gasteiger partial charge in [0.2, 0.25) is 0 Å². The fourth-order valence-electron chi connectivity index (χ4n) is 5.05. The molecule has 0 spiro atoms. The Kier molecular flexibility index (Phi) is 6.58. The summed E-state index contributed by atoms with van der Waals surface area (Å²) in [4.78, 5) is 31.4. The molecule has 1 aromatic heterocycles. The molecule has 0 N–H and O–H groups in total. The van der Waals surface area contributed by atoms with E-state index in [1.807, 2.05) is 18.2 Å². The number of benzene rings is 1. The zero-order valence-corrected chi connectivity index (χ0v) is 20.6. The first-order valence-electron chi connectivity index (χ1n) is 11.8. The number of fused-ring (bicyclic) bond motifs is 1. The van der Waals surface area contributed by atoms with Gasteiger partial charge in [0.25, 0.3) is 11.5 Å². The van der Waals surface area contributed by atoms with Gasteiger partial charge in [0, 0.05) is 32.1 Å². The number of carbonyl (C=O) groups excluding carboxylic acids is 1. The van der Waals surface area contributed by atoms with E-state index in [0.29, 0.717) is 21.3 Å². The molecule has 2 aromatic rings. The van der Waals surface area contributed by atoms with Crippen LogP contribution in [0.5, 0.6) is 0 Å². The van der Waals surface area contributed by atoms with Crippen molar-refractivity contribution in [3.63, 3.8) is 0 Å². The molecular formula is C25H29N3O3S2. The molecule has 1 atom stereocenters. The lowest BCUT2D eigenvalue weighted by atomic mass is 10.1. The fourth-order valence-corrected chi connectivity index (χ4v) is 6.31. The molecule has 3 fully saturated rings. The summed E-state index contributed by atoms with van der Waals surface area (Å²) < 4.78 is 7.94. The van der Waals surface area contributed by atoms with Gasteiger partial charge >= 0.3 is 0 Å². The summed E-state index contributed by atoms with van der Waals surface area (Å²) in [5.41, 5.74) is 2.35. The Bertz CT molecular complexity index is 1180. The van der Waals surface area contributed by atoms with E-state index in [1.165, 1.54) is 24.6 Å². The van der Waals surface area contributed by atoms with Crippen molar-refractivity contribution in [1.82, 2.24) is 9.47 Å². The van der Waals surface area contributed by atoms with E-state index in [9.17, 15) is 9.59 Å². The van der Waals surface area contributed by atoms with Gasteiger partial charge in [-0.2, -0.15) is 0 Å². The van der Waals surface area contributed by atoms with Crippen LogP contribution in [0.3, 0.4) is 0 Å². The number of para-hydroxylation sites is 1. The summed E-state index contributed by atoms with van der Waals surface area (Å²) in [6.07, 6.45) is 8.39. The van der Waals surface area contributed by atoms with Crippen LogP contribution in [0.4, 0.5) is 5.69 Å². The highest BCUT2D eigenvalue weighted by atomic mass is 32.2. The van der Waals surface area contributed by atoms with Crippen LogP contribution in [-0.4, -0.2) is 52.0 Å². The molecule has 6 nitrogen and oxygen atoms in total. The Balaban J connectivity index is 1.60. The van der Waals surface area contributed by atoms with Crippen LogP contribution in [0.15, 0.2) is 34.0 Å². The zero-order chi connectivity index (χ0) is 22.9. The fraction of sp³-hybridized carbons (Fsp3) is 0.480. The van der Waals surface area contributed by atoms with Gasteiger partial charge < -0.3 is 14.2 Å². The monoisotopic (exact) mass is 483 g/mol. The molecule has 1 unspecified atom stereocenters. The van der Waals surface area contributed by atoms with Crippen LogP contribution >= 0.6 is 24.0 Å². The highest BCUT2D eigenvalue weighted by Gasteiger charge is 2.35. The molecule has 0 radical (unpaired) electrons. The molecule has 174 valence electrons. The van der Waals surface area contributed by atoms with Crippen molar-refractivity contribution in [2.45, 2.75) is 44.6 Å². The molecule has 5 rings (SSSR count). The Morgan fingerprint density at radius 2 is 1.88 bits per heavy atom. The minimum Gasteiger partial charge on any atom is -0.376 e. The summed E-state index contributed by atoms with van der Waals surface area (Å²) in [6.45, 7) is 3.05. The lowest BCUT2D eigenvalue weighted by molar-refractivity contribution is -0.123. The maximum absolute atomic E-state index is 13.6. The molecule has 3 aliphatic heterocycles. The number of ether oxygens (including phenoxy) is 1. The number of amides is 1. The molecule has 33 heavy (non-hydrogen) atoms. The standard InChI is InChI=1S/C25H29N3O3S2/c1-26-20-11-5-4-10-18(20)22(27-12-6-2-3-7-13-27)19(23(26)29)15-21-24(30)28(25(32)33-21)16-17-9-8-14-31-17/h4-5,10-11,15,17H,2-3,6-9,12-14,16H2,1H3. The number of hydrogen-bond acceptors (Lipinski definition) is 6. The second kappa shape index (κ2) is 9.60. The Morgan fingerprint density at radius 1 is 1.12 bits per heavy atom. The number of thiocarbonyl (C=S) groups is 1. The highest BCUT2D eigenvalue weighted by molar-refractivity contribution is 8.26. The predicted molar refractivity (Wildman–Crippen MR) is 139 cm³/mol. The van der Waals surface area contributed by atoms with Crippen molar-refractivity contribution in [1.29, 1.82) is 0 Å². The molecule has 1 aromatic carbocycles. The summed E-state index contributed by atoms with van der Waals surface area (Å²) in [7, 11) is 1.80. The van der Waals surface area contributed by atoms with Crippen molar-refractivity contribution in [3.8, 4) is 0 Å². The van der Waals surface area contributed by atoms with Crippen LogP contribution in [0.1, 0.15) is 44.1 Å². The smallest absolute Gasteiger partial charge is 0.266 e. The molecule has 3 aliphatic rings. The summed E-state index contributed by atoms with van der Waals surface area (Å²) in [5, 5.41) is 1.04. The molecule has 0 saturated carbocycles. The van der Waals surface area contributed by atoms with Crippen molar-refractivity contribution in [2.75, 3.05) is 31.1 Å². The molecule has 0 aliphatic carbocycles. The second-order valence-electron chi connectivity index (χ2n) is 8.97. The number of hydrogen-bond donors (Lipinski definition) is 0. The number of aryl methyl sites for hydroxylation is 1. The first-order chi connectivity index (χ1) is 16.0. The van der Waals surface area contributed by atoms with Gasteiger partial charge in [0.1, 0.15) is 4.32 Å². The van der Waals surface area contributed by atoms with E-state index in [0.717, 1.165) is 62.0 Å². The quantitative estimate of drug-likeness (QED) is 0.478. The zero-order valence-electron chi connectivity index (χ0n) is 18.9. The maximum atomic E-state index is 13.6. The first kappa shape index (κ1) is 22.6. The molecule has 8 heteroatoms. The summed E-state index contributed by atoms with van der Waals surface area (Å²) >= 11 is 6.82.